The number of benzene rings is 2. The highest BCUT2D eigenvalue weighted by Gasteiger charge is 2.48. The van der Waals surface area contributed by atoms with Gasteiger partial charge in [0, 0.05) is 12.6 Å². The molecule has 2 aromatic carbocycles. The molecule has 0 radical (unpaired) electrons. The molecule has 2 unspecified atom stereocenters. The van der Waals surface area contributed by atoms with E-state index in [2.05, 4.69) is 47.4 Å². The summed E-state index contributed by atoms with van der Waals surface area (Å²) in [5, 5.41) is 13.9. The van der Waals surface area contributed by atoms with Crippen LogP contribution < -0.4 is 0 Å². The number of rotatable bonds is 1. The van der Waals surface area contributed by atoms with E-state index in [9.17, 15) is 5.11 Å². The third-order valence-corrected chi connectivity index (χ3v) is 5.20. The van der Waals surface area contributed by atoms with Gasteiger partial charge >= 0.3 is 0 Å². The largest absolute Gasteiger partial charge is 0.383 e. The zero-order valence-electron chi connectivity index (χ0n) is 11.8. The lowest BCUT2D eigenvalue weighted by molar-refractivity contribution is -0.0126. The molecule has 2 heterocycles. The Bertz CT molecular complexity index is 633. The second-order valence-electron chi connectivity index (χ2n) is 6.25. The second-order valence-corrected chi connectivity index (χ2v) is 6.25. The van der Waals surface area contributed by atoms with Crippen molar-refractivity contribution in [1.82, 2.24) is 4.90 Å². The molecule has 20 heavy (non-hydrogen) atoms. The smallest absolute Gasteiger partial charge is 0.107 e. The van der Waals surface area contributed by atoms with E-state index in [0.717, 1.165) is 31.5 Å². The van der Waals surface area contributed by atoms with Crippen molar-refractivity contribution in [2.24, 2.45) is 0 Å². The van der Waals surface area contributed by atoms with E-state index >= 15 is 0 Å². The minimum absolute atomic E-state index is 0.307. The van der Waals surface area contributed by atoms with Crippen molar-refractivity contribution in [2.75, 3.05) is 13.1 Å². The molecule has 0 bridgehead atoms. The first-order valence-corrected chi connectivity index (χ1v) is 7.74. The summed E-state index contributed by atoms with van der Waals surface area (Å²) in [4.78, 5) is 2.49. The highest BCUT2D eigenvalue weighted by Crippen LogP contribution is 2.44. The maximum absolute atomic E-state index is 11.4. The molecule has 2 nitrogen and oxygen atoms in total. The van der Waals surface area contributed by atoms with E-state index in [1.165, 1.54) is 23.6 Å². The van der Waals surface area contributed by atoms with Gasteiger partial charge in [-0.25, -0.2) is 0 Å². The highest BCUT2D eigenvalue weighted by atomic mass is 16.3. The SMILES string of the molecule is OC1(c2cccc3ccccc23)CCN2CCCCC21. The Morgan fingerprint density at radius 3 is 2.80 bits per heavy atom. The topological polar surface area (TPSA) is 23.5 Å². The molecule has 104 valence electrons. The van der Waals surface area contributed by atoms with Crippen LogP contribution in [0.3, 0.4) is 0 Å². The Morgan fingerprint density at radius 2 is 1.85 bits per heavy atom. The molecule has 2 aliphatic rings. The first-order chi connectivity index (χ1) is 9.79. The van der Waals surface area contributed by atoms with Crippen LogP contribution in [0.2, 0.25) is 0 Å². The molecule has 2 heteroatoms. The van der Waals surface area contributed by atoms with Gasteiger partial charge in [0.1, 0.15) is 5.60 Å². The molecular formula is C18H21NO. The first-order valence-electron chi connectivity index (χ1n) is 7.74. The molecular weight excluding hydrogens is 246 g/mol. The van der Waals surface area contributed by atoms with Crippen molar-refractivity contribution in [3.05, 3.63) is 48.0 Å². The maximum atomic E-state index is 11.4. The maximum Gasteiger partial charge on any atom is 0.107 e. The minimum Gasteiger partial charge on any atom is -0.383 e. The molecule has 1 N–H and O–H groups in total. The monoisotopic (exact) mass is 267 g/mol. The predicted octanol–water partition coefficient (Wildman–Crippen LogP) is 3.29. The van der Waals surface area contributed by atoms with Crippen LogP contribution in [0.1, 0.15) is 31.2 Å². The Kier molecular flexibility index (Phi) is 2.83. The first kappa shape index (κ1) is 12.4. The Morgan fingerprint density at radius 1 is 1.00 bits per heavy atom. The van der Waals surface area contributed by atoms with Crippen molar-refractivity contribution in [2.45, 2.75) is 37.3 Å². The van der Waals surface area contributed by atoms with Gasteiger partial charge < -0.3 is 5.11 Å². The Hall–Kier alpha value is -1.38. The summed E-state index contributed by atoms with van der Waals surface area (Å²) < 4.78 is 0. The zero-order valence-corrected chi connectivity index (χ0v) is 11.8. The number of hydrogen-bond donors (Lipinski definition) is 1. The second kappa shape index (κ2) is 4.57. The van der Waals surface area contributed by atoms with Gasteiger partial charge in [-0.1, -0.05) is 48.9 Å². The number of piperidine rings is 1. The van der Waals surface area contributed by atoms with E-state index in [4.69, 9.17) is 0 Å². The number of nitrogens with zero attached hydrogens (tertiary/aromatic N) is 1. The fraction of sp³-hybridized carbons (Fsp3) is 0.444. The van der Waals surface area contributed by atoms with Gasteiger partial charge in [0.05, 0.1) is 0 Å². The Labute approximate surface area is 120 Å². The van der Waals surface area contributed by atoms with Crippen LogP contribution in [0.5, 0.6) is 0 Å². The van der Waals surface area contributed by atoms with Crippen LogP contribution in [0.15, 0.2) is 42.5 Å². The van der Waals surface area contributed by atoms with Crippen molar-refractivity contribution in [3.8, 4) is 0 Å². The normalized spacial score (nSPS) is 30.6. The van der Waals surface area contributed by atoms with Crippen LogP contribution in [-0.4, -0.2) is 29.1 Å². The summed E-state index contributed by atoms with van der Waals surface area (Å²) in [5.74, 6) is 0. The minimum atomic E-state index is -0.665. The quantitative estimate of drug-likeness (QED) is 0.857. The van der Waals surface area contributed by atoms with Crippen LogP contribution >= 0.6 is 0 Å². The van der Waals surface area contributed by atoms with Gasteiger partial charge in [-0.05, 0) is 42.1 Å². The van der Waals surface area contributed by atoms with E-state index < -0.39 is 5.60 Å². The van der Waals surface area contributed by atoms with Gasteiger partial charge in [-0.15, -0.1) is 0 Å². The van der Waals surface area contributed by atoms with Gasteiger partial charge in [-0.2, -0.15) is 0 Å². The molecule has 0 aromatic heterocycles. The summed E-state index contributed by atoms with van der Waals surface area (Å²) in [7, 11) is 0. The van der Waals surface area contributed by atoms with Gasteiger partial charge in [-0.3, -0.25) is 4.90 Å². The Balaban J connectivity index is 1.86. The van der Waals surface area contributed by atoms with Crippen molar-refractivity contribution < 1.29 is 5.11 Å². The zero-order chi connectivity index (χ0) is 13.6. The molecule has 0 spiro atoms. The number of aliphatic hydroxyl groups is 1. The summed E-state index contributed by atoms with van der Waals surface area (Å²) in [6, 6.07) is 15.1. The molecule has 2 saturated heterocycles. The van der Waals surface area contributed by atoms with Gasteiger partial charge in [0.25, 0.3) is 0 Å². The average molecular weight is 267 g/mol. The van der Waals surface area contributed by atoms with Crippen LogP contribution in [-0.2, 0) is 5.60 Å². The molecule has 2 atom stereocenters. The molecule has 2 aliphatic heterocycles. The third-order valence-electron chi connectivity index (χ3n) is 5.20. The van der Waals surface area contributed by atoms with E-state index in [1.807, 2.05) is 0 Å². The predicted molar refractivity (Wildman–Crippen MR) is 81.7 cm³/mol. The number of hydrogen-bond acceptors (Lipinski definition) is 2. The van der Waals surface area contributed by atoms with Crippen molar-refractivity contribution in [3.63, 3.8) is 0 Å². The highest BCUT2D eigenvalue weighted by molar-refractivity contribution is 5.86. The van der Waals surface area contributed by atoms with Crippen molar-refractivity contribution >= 4 is 10.8 Å². The van der Waals surface area contributed by atoms with E-state index in [-0.39, 0.29) is 0 Å². The lowest BCUT2D eigenvalue weighted by atomic mass is 9.81. The van der Waals surface area contributed by atoms with E-state index in [0.29, 0.717) is 6.04 Å². The van der Waals surface area contributed by atoms with Gasteiger partial charge in [0.15, 0.2) is 0 Å². The summed E-state index contributed by atoms with van der Waals surface area (Å²) in [5.41, 5.74) is 0.464. The fourth-order valence-electron chi connectivity index (χ4n) is 4.20. The standard InChI is InChI=1S/C18H21NO/c20-18(11-13-19-12-4-3-10-17(18)19)16-9-5-7-14-6-1-2-8-15(14)16/h1-2,5-9,17,20H,3-4,10-13H2. The molecule has 0 aliphatic carbocycles. The third kappa shape index (κ3) is 1.72. The van der Waals surface area contributed by atoms with Crippen molar-refractivity contribution in [1.29, 1.82) is 0 Å². The molecule has 0 amide bonds. The van der Waals surface area contributed by atoms with E-state index in [1.54, 1.807) is 0 Å². The summed E-state index contributed by atoms with van der Waals surface area (Å²) >= 11 is 0. The molecule has 2 fully saturated rings. The lowest BCUT2D eigenvalue weighted by Gasteiger charge is -2.38. The summed E-state index contributed by atoms with van der Waals surface area (Å²) in [6.45, 7) is 2.18. The average Bonchev–Trinajstić information content (AvgIpc) is 2.86. The lowest BCUT2D eigenvalue weighted by Crippen LogP contribution is -2.45. The summed E-state index contributed by atoms with van der Waals surface area (Å²) in [6.07, 6.45) is 4.52. The van der Waals surface area contributed by atoms with Crippen LogP contribution in [0, 0.1) is 0 Å². The van der Waals surface area contributed by atoms with Crippen LogP contribution in [0.4, 0.5) is 0 Å². The number of fused-ring (bicyclic) bond motifs is 2. The van der Waals surface area contributed by atoms with Gasteiger partial charge in [0.2, 0.25) is 0 Å². The molecule has 2 aromatic rings. The fourth-order valence-corrected chi connectivity index (χ4v) is 4.20. The van der Waals surface area contributed by atoms with Crippen LogP contribution in [0.25, 0.3) is 10.8 Å². The molecule has 4 rings (SSSR count). The molecule has 0 saturated carbocycles.